The Labute approximate surface area is 151 Å². The van der Waals surface area contributed by atoms with E-state index in [0.29, 0.717) is 50.0 Å². The highest BCUT2D eigenvalue weighted by molar-refractivity contribution is 6.32. The second kappa shape index (κ2) is 8.62. The molecule has 0 fully saturated rings. The van der Waals surface area contributed by atoms with Gasteiger partial charge in [0.25, 0.3) is 0 Å². The van der Waals surface area contributed by atoms with Gasteiger partial charge in [-0.05, 0) is 36.2 Å². The first kappa shape index (κ1) is 17.4. The third-order valence-electron chi connectivity index (χ3n) is 3.77. The first-order valence-electron chi connectivity index (χ1n) is 8.25. The van der Waals surface area contributed by atoms with E-state index in [0.717, 1.165) is 17.1 Å². The number of rotatable bonds is 7. The molecule has 1 heterocycles. The molecular formula is C19H20ClNO4. The van der Waals surface area contributed by atoms with Gasteiger partial charge in [0.2, 0.25) is 5.91 Å². The molecule has 0 radical (unpaired) electrons. The van der Waals surface area contributed by atoms with Gasteiger partial charge in [0.05, 0.1) is 11.6 Å². The third-order valence-corrected chi connectivity index (χ3v) is 4.08. The van der Waals surface area contributed by atoms with Crippen molar-refractivity contribution in [2.45, 2.75) is 12.8 Å². The molecule has 25 heavy (non-hydrogen) atoms. The van der Waals surface area contributed by atoms with Crippen LogP contribution in [0, 0.1) is 0 Å². The molecule has 6 heteroatoms. The minimum Gasteiger partial charge on any atom is -0.490 e. The highest BCUT2D eigenvalue weighted by Crippen LogP contribution is 2.31. The second-order valence-corrected chi connectivity index (χ2v) is 6.01. The van der Waals surface area contributed by atoms with Crippen molar-refractivity contribution in [1.82, 2.24) is 5.32 Å². The van der Waals surface area contributed by atoms with Crippen LogP contribution < -0.4 is 19.5 Å². The lowest BCUT2D eigenvalue weighted by Crippen LogP contribution is -2.28. The fourth-order valence-corrected chi connectivity index (χ4v) is 2.69. The van der Waals surface area contributed by atoms with Crippen LogP contribution >= 0.6 is 11.6 Å². The molecule has 0 spiro atoms. The first-order valence-corrected chi connectivity index (χ1v) is 8.63. The molecule has 1 N–H and O–H groups in total. The number of halogens is 1. The first-order chi connectivity index (χ1) is 12.2. The number of aryl methyl sites for hydroxylation is 1. The maximum absolute atomic E-state index is 11.9. The minimum absolute atomic E-state index is 0.0161. The molecule has 5 nitrogen and oxygen atoms in total. The number of ether oxygens (including phenoxy) is 3. The van der Waals surface area contributed by atoms with Crippen LogP contribution in [0.3, 0.4) is 0 Å². The summed E-state index contributed by atoms with van der Waals surface area (Å²) in [5.74, 6) is 2.11. The van der Waals surface area contributed by atoms with Crippen LogP contribution in [0.1, 0.15) is 12.0 Å². The van der Waals surface area contributed by atoms with Crippen LogP contribution in [0.15, 0.2) is 42.5 Å². The molecule has 0 unspecified atom stereocenters. The van der Waals surface area contributed by atoms with Gasteiger partial charge in [0, 0.05) is 6.42 Å². The number of amides is 1. The smallest absolute Gasteiger partial charge is 0.220 e. The maximum atomic E-state index is 11.9. The fraction of sp³-hybridized carbons (Fsp3) is 0.316. The number of benzene rings is 2. The van der Waals surface area contributed by atoms with E-state index in [2.05, 4.69) is 5.32 Å². The number of hydrogen-bond acceptors (Lipinski definition) is 4. The largest absolute Gasteiger partial charge is 0.490 e. The lowest BCUT2D eigenvalue weighted by Gasteiger charge is -2.18. The molecular weight excluding hydrogens is 342 g/mol. The zero-order valence-corrected chi connectivity index (χ0v) is 14.6. The molecule has 1 aliphatic heterocycles. The zero-order chi connectivity index (χ0) is 17.5. The van der Waals surface area contributed by atoms with E-state index in [1.165, 1.54) is 0 Å². The number of carbonyl (C=O) groups is 1. The van der Waals surface area contributed by atoms with Crippen molar-refractivity contribution >= 4 is 17.5 Å². The minimum atomic E-state index is -0.0161. The molecule has 1 aliphatic rings. The van der Waals surface area contributed by atoms with Gasteiger partial charge in [-0.2, -0.15) is 0 Å². The van der Waals surface area contributed by atoms with Crippen LogP contribution in [0.2, 0.25) is 5.02 Å². The average Bonchev–Trinajstić information content (AvgIpc) is 2.64. The topological polar surface area (TPSA) is 56.8 Å². The van der Waals surface area contributed by atoms with Crippen LogP contribution in [-0.2, 0) is 11.2 Å². The molecule has 0 aliphatic carbocycles. The molecule has 0 saturated carbocycles. The van der Waals surface area contributed by atoms with Crippen LogP contribution in [-0.4, -0.2) is 32.3 Å². The predicted octanol–water partition coefficient (Wildman–Crippen LogP) is 3.24. The van der Waals surface area contributed by atoms with Gasteiger partial charge in [0.15, 0.2) is 11.5 Å². The van der Waals surface area contributed by atoms with E-state index in [1.54, 1.807) is 12.1 Å². The van der Waals surface area contributed by atoms with Gasteiger partial charge in [-0.25, -0.2) is 0 Å². The number of nitrogens with one attached hydrogen (secondary N) is 1. The van der Waals surface area contributed by atoms with Crippen molar-refractivity contribution in [1.29, 1.82) is 0 Å². The lowest BCUT2D eigenvalue weighted by molar-refractivity contribution is -0.121. The van der Waals surface area contributed by atoms with E-state index < -0.39 is 0 Å². The molecule has 0 atom stereocenters. The number of carbonyl (C=O) groups excluding carboxylic acids is 1. The third kappa shape index (κ3) is 5.03. The average molecular weight is 362 g/mol. The standard InChI is InChI=1S/C19H20ClNO4/c20-15-3-1-2-4-16(15)23-10-9-21-19(22)8-6-14-5-7-17-18(13-14)25-12-11-24-17/h1-5,7,13H,6,8-12H2,(H,21,22). The normalized spacial score (nSPS) is 12.5. The second-order valence-electron chi connectivity index (χ2n) is 5.61. The number of para-hydroxylation sites is 1. The Balaban J connectivity index is 1.37. The Bertz CT molecular complexity index is 735. The van der Waals surface area contributed by atoms with Gasteiger partial charge in [-0.3, -0.25) is 4.79 Å². The van der Waals surface area contributed by atoms with Crippen LogP contribution in [0.5, 0.6) is 17.2 Å². The summed E-state index contributed by atoms with van der Waals surface area (Å²) in [6.45, 7) is 1.94. The van der Waals surface area contributed by atoms with Gasteiger partial charge in [0.1, 0.15) is 25.6 Å². The Morgan fingerprint density at radius 2 is 1.92 bits per heavy atom. The van der Waals surface area contributed by atoms with Crippen molar-refractivity contribution < 1.29 is 19.0 Å². The Morgan fingerprint density at radius 1 is 1.12 bits per heavy atom. The summed E-state index contributed by atoms with van der Waals surface area (Å²) in [7, 11) is 0. The number of hydrogen-bond donors (Lipinski definition) is 1. The van der Waals surface area contributed by atoms with E-state index in [9.17, 15) is 4.79 Å². The summed E-state index contributed by atoms with van der Waals surface area (Å²) in [5, 5.41) is 3.40. The highest BCUT2D eigenvalue weighted by Gasteiger charge is 2.12. The van der Waals surface area contributed by atoms with E-state index in [-0.39, 0.29) is 5.91 Å². The van der Waals surface area contributed by atoms with E-state index in [4.69, 9.17) is 25.8 Å². The Morgan fingerprint density at radius 3 is 2.76 bits per heavy atom. The molecule has 0 aromatic heterocycles. The van der Waals surface area contributed by atoms with Crippen LogP contribution in [0.4, 0.5) is 0 Å². The molecule has 3 rings (SSSR count). The monoisotopic (exact) mass is 361 g/mol. The summed E-state index contributed by atoms with van der Waals surface area (Å²) in [4.78, 5) is 11.9. The molecule has 0 saturated heterocycles. The Kier molecular flexibility index (Phi) is 6.01. The highest BCUT2D eigenvalue weighted by atomic mass is 35.5. The van der Waals surface area contributed by atoms with Gasteiger partial charge < -0.3 is 19.5 Å². The van der Waals surface area contributed by atoms with Crippen molar-refractivity contribution in [3.05, 3.63) is 53.1 Å². The van der Waals surface area contributed by atoms with Crippen LogP contribution in [0.25, 0.3) is 0 Å². The SMILES string of the molecule is O=C(CCc1ccc2c(c1)OCCO2)NCCOc1ccccc1Cl. The van der Waals surface area contributed by atoms with Crippen molar-refractivity contribution in [3.8, 4) is 17.2 Å². The summed E-state index contributed by atoms with van der Waals surface area (Å²) >= 11 is 6.00. The molecule has 1 amide bonds. The molecule has 2 aromatic rings. The van der Waals surface area contributed by atoms with Gasteiger partial charge >= 0.3 is 0 Å². The molecule has 132 valence electrons. The Hall–Kier alpha value is -2.40. The molecule has 2 aromatic carbocycles. The fourth-order valence-electron chi connectivity index (χ4n) is 2.50. The summed E-state index contributed by atoms with van der Waals surface area (Å²) in [6, 6.07) is 13.0. The summed E-state index contributed by atoms with van der Waals surface area (Å²) in [5.41, 5.74) is 1.05. The molecule has 0 bridgehead atoms. The van der Waals surface area contributed by atoms with Gasteiger partial charge in [-0.15, -0.1) is 0 Å². The van der Waals surface area contributed by atoms with Crippen molar-refractivity contribution in [2.24, 2.45) is 0 Å². The van der Waals surface area contributed by atoms with Gasteiger partial charge in [-0.1, -0.05) is 29.8 Å². The number of fused-ring (bicyclic) bond motifs is 1. The van der Waals surface area contributed by atoms with Crippen molar-refractivity contribution in [3.63, 3.8) is 0 Å². The van der Waals surface area contributed by atoms with Crippen molar-refractivity contribution in [2.75, 3.05) is 26.4 Å². The quantitative estimate of drug-likeness (QED) is 0.769. The van der Waals surface area contributed by atoms with E-state index >= 15 is 0 Å². The predicted molar refractivity (Wildman–Crippen MR) is 95.7 cm³/mol. The summed E-state index contributed by atoms with van der Waals surface area (Å²) in [6.07, 6.45) is 1.06. The zero-order valence-electron chi connectivity index (χ0n) is 13.8. The van der Waals surface area contributed by atoms with E-state index in [1.807, 2.05) is 30.3 Å². The maximum Gasteiger partial charge on any atom is 0.220 e. The summed E-state index contributed by atoms with van der Waals surface area (Å²) < 4.78 is 16.6. The lowest BCUT2D eigenvalue weighted by atomic mass is 10.1.